The predicted molar refractivity (Wildman–Crippen MR) is 121 cm³/mol. The molecule has 2 aromatic carbocycles. The van der Waals surface area contributed by atoms with Crippen molar-refractivity contribution in [1.29, 1.82) is 0 Å². The van der Waals surface area contributed by atoms with Gasteiger partial charge >= 0.3 is 0 Å². The number of amides is 2. The van der Waals surface area contributed by atoms with Gasteiger partial charge in [0, 0.05) is 18.3 Å². The Labute approximate surface area is 182 Å². The number of hydrogen-bond donors (Lipinski definition) is 1. The van der Waals surface area contributed by atoms with Crippen molar-refractivity contribution >= 4 is 29.3 Å². The number of fused-ring (bicyclic) bond motifs is 1. The molecule has 0 radical (unpaired) electrons. The van der Waals surface area contributed by atoms with E-state index < -0.39 is 0 Å². The standard InChI is InChI=1S/C24H28N2O5/c1-5-30-21-9-6-17(12-22(21)29-4)7-11-23(27)25-18-8-10-20-19(13-18)26(14-16(2)3)24(28)15-31-20/h6-13,16H,5,14-15H2,1-4H3,(H,25,27)/b11-7+. The van der Waals surface area contributed by atoms with E-state index in [-0.39, 0.29) is 18.4 Å². The van der Waals surface area contributed by atoms with Crippen molar-refractivity contribution in [2.24, 2.45) is 5.92 Å². The number of rotatable bonds is 8. The summed E-state index contributed by atoms with van der Waals surface area (Å²) in [5.41, 5.74) is 2.07. The van der Waals surface area contributed by atoms with Crippen LogP contribution in [0.1, 0.15) is 26.3 Å². The highest BCUT2D eigenvalue weighted by Gasteiger charge is 2.26. The number of benzene rings is 2. The summed E-state index contributed by atoms with van der Waals surface area (Å²) in [5, 5.41) is 2.84. The molecule has 0 atom stereocenters. The van der Waals surface area contributed by atoms with Gasteiger partial charge in [0.25, 0.3) is 5.91 Å². The van der Waals surface area contributed by atoms with E-state index in [1.54, 1.807) is 42.4 Å². The largest absolute Gasteiger partial charge is 0.493 e. The molecule has 164 valence electrons. The first-order chi connectivity index (χ1) is 14.9. The number of anilines is 2. The van der Waals surface area contributed by atoms with Crippen molar-refractivity contribution in [3.8, 4) is 17.2 Å². The Balaban J connectivity index is 1.72. The molecule has 2 amide bonds. The topological polar surface area (TPSA) is 77.1 Å². The minimum atomic E-state index is -0.286. The van der Waals surface area contributed by atoms with Crippen molar-refractivity contribution < 1.29 is 23.8 Å². The molecule has 0 bridgehead atoms. The van der Waals surface area contributed by atoms with Gasteiger partial charge in [-0.3, -0.25) is 9.59 Å². The van der Waals surface area contributed by atoms with E-state index in [0.29, 0.717) is 47.7 Å². The Kier molecular flexibility index (Phi) is 7.18. The first-order valence-electron chi connectivity index (χ1n) is 10.3. The summed E-state index contributed by atoms with van der Waals surface area (Å²) in [6.07, 6.45) is 3.14. The summed E-state index contributed by atoms with van der Waals surface area (Å²) in [4.78, 5) is 26.4. The number of carbonyl (C=O) groups excluding carboxylic acids is 2. The maximum absolute atomic E-state index is 12.4. The molecule has 0 spiro atoms. The van der Waals surface area contributed by atoms with Gasteiger partial charge in [0.2, 0.25) is 5.91 Å². The number of hydrogen-bond acceptors (Lipinski definition) is 5. The van der Waals surface area contributed by atoms with E-state index in [0.717, 1.165) is 5.56 Å². The maximum atomic E-state index is 12.4. The molecule has 0 fully saturated rings. The van der Waals surface area contributed by atoms with Crippen LogP contribution in [-0.4, -0.2) is 38.7 Å². The van der Waals surface area contributed by atoms with Crippen LogP contribution in [0.4, 0.5) is 11.4 Å². The minimum absolute atomic E-state index is 0.0275. The van der Waals surface area contributed by atoms with Crippen LogP contribution in [-0.2, 0) is 9.59 Å². The Bertz CT molecular complexity index is 984. The van der Waals surface area contributed by atoms with Crippen molar-refractivity contribution in [2.75, 3.05) is 37.1 Å². The van der Waals surface area contributed by atoms with Crippen molar-refractivity contribution in [3.63, 3.8) is 0 Å². The average Bonchev–Trinajstić information content (AvgIpc) is 2.75. The quantitative estimate of drug-likeness (QED) is 0.645. The van der Waals surface area contributed by atoms with Crippen LogP contribution in [0.3, 0.4) is 0 Å². The lowest BCUT2D eigenvalue weighted by molar-refractivity contribution is -0.121. The fourth-order valence-corrected chi connectivity index (χ4v) is 3.26. The molecule has 0 aliphatic carbocycles. The molecule has 3 rings (SSSR count). The Morgan fingerprint density at radius 1 is 1.23 bits per heavy atom. The number of nitrogens with one attached hydrogen (secondary N) is 1. The van der Waals surface area contributed by atoms with Crippen molar-refractivity contribution in [3.05, 3.63) is 48.0 Å². The number of ether oxygens (including phenoxy) is 3. The van der Waals surface area contributed by atoms with E-state index in [4.69, 9.17) is 14.2 Å². The normalized spacial score (nSPS) is 13.2. The van der Waals surface area contributed by atoms with Gasteiger partial charge in [0.05, 0.1) is 19.4 Å². The fraction of sp³-hybridized carbons (Fsp3) is 0.333. The molecule has 0 unspecified atom stereocenters. The monoisotopic (exact) mass is 424 g/mol. The van der Waals surface area contributed by atoms with Gasteiger partial charge in [-0.1, -0.05) is 19.9 Å². The van der Waals surface area contributed by atoms with Gasteiger partial charge in [0.1, 0.15) is 5.75 Å². The lowest BCUT2D eigenvalue weighted by Crippen LogP contribution is -2.41. The third-order valence-electron chi connectivity index (χ3n) is 4.63. The molecular weight excluding hydrogens is 396 g/mol. The third kappa shape index (κ3) is 5.57. The molecular formula is C24H28N2O5. The van der Waals surface area contributed by atoms with Crippen LogP contribution in [0.25, 0.3) is 6.08 Å². The molecule has 1 aliphatic rings. The number of nitrogens with zero attached hydrogens (tertiary/aromatic N) is 1. The summed E-state index contributed by atoms with van der Waals surface area (Å²) in [7, 11) is 1.57. The molecule has 31 heavy (non-hydrogen) atoms. The zero-order valence-corrected chi connectivity index (χ0v) is 18.3. The zero-order chi connectivity index (χ0) is 22.4. The first-order valence-corrected chi connectivity index (χ1v) is 10.3. The molecule has 0 saturated carbocycles. The van der Waals surface area contributed by atoms with Crippen LogP contribution >= 0.6 is 0 Å². The van der Waals surface area contributed by atoms with Crippen molar-refractivity contribution in [1.82, 2.24) is 0 Å². The van der Waals surface area contributed by atoms with Gasteiger partial charge in [-0.2, -0.15) is 0 Å². The van der Waals surface area contributed by atoms with Crippen LogP contribution < -0.4 is 24.4 Å². The fourth-order valence-electron chi connectivity index (χ4n) is 3.26. The molecule has 1 aliphatic heterocycles. The highest BCUT2D eigenvalue weighted by molar-refractivity contribution is 6.03. The third-order valence-corrected chi connectivity index (χ3v) is 4.63. The van der Waals surface area contributed by atoms with Crippen LogP contribution in [0.5, 0.6) is 17.2 Å². The van der Waals surface area contributed by atoms with E-state index in [2.05, 4.69) is 19.2 Å². The lowest BCUT2D eigenvalue weighted by atomic mass is 10.1. The van der Waals surface area contributed by atoms with Crippen LogP contribution in [0.15, 0.2) is 42.5 Å². The summed E-state index contributed by atoms with van der Waals surface area (Å²) in [6, 6.07) is 10.8. The van der Waals surface area contributed by atoms with E-state index in [1.165, 1.54) is 6.08 Å². The predicted octanol–water partition coefficient (Wildman–Crippen LogP) is 4.13. The Morgan fingerprint density at radius 2 is 2.03 bits per heavy atom. The van der Waals surface area contributed by atoms with E-state index in [1.807, 2.05) is 19.1 Å². The zero-order valence-electron chi connectivity index (χ0n) is 18.3. The van der Waals surface area contributed by atoms with Crippen LogP contribution in [0.2, 0.25) is 0 Å². The maximum Gasteiger partial charge on any atom is 0.265 e. The summed E-state index contributed by atoms with van der Waals surface area (Å²) in [5.74, 6) is 1.83. The van der Waals surface area contributed by atoms with Gasteiger partial charge in [-0.05, 0) is 54.8 Å². The van der Waals surface area contributed by atoms with E-state index in [9.17, 15) is 9.59 Å². The number of methoxy groups -OCH3 is 1. The molecule has 0 saturated heterocycles. The highest BCUT2D eigenvalue weighted by atomic mass is 16.5. The summed E-state index contributed by atoms with van der Waals surface area (Å²) < 4.78 is 16.4. The van der Waals surface area contributed by atoms with Crippen LogP contribution in [0, 0.1) is 5.92 Å². The van der Waals surface area contributed by atoms with Gasteiger partial charge in [0.15, 0.2) is 18.1 Å². The second-order valence-corrected chi connectivity index (χ2v) is 7.54. The highest BCUT2D eigenvalue weighted by Crippen LogP contribution is 2.35. The van der Waals surface area contributed by atoms with Gasteiger partial charge in [-0.15, -0.1) is 0 Å². The smallest absolute Gasteiger partial charge is 0.265 e. The van der Waals surface area contributed by atoms with Crippen molar-refractivity contribution in [2.45, 2.75) is 20.8 Å². The molecule has 7 heteroatoms. The minimum Gasteiger partial charge on any atom is -0.493 e. The molecule has 2 aromatic rings. The average molecular weight is 424 g/mol. The SMILES string of the molecule is CCOc1ccc(/C=C/C(=O)Nc2ccc3c(c2)N(CC(C)C)C(=O)CO3)cc1OC. The number of carbonyl (C=O) groups is 2. The Hall–Kier alpha value is -3.48. The molecule has 7 nitrogen and oxygen atoms in total. The summed E-state index contributed by atoms with van der Waals surface area (Å²) in [6.45, 7) is 7.16. The molecule has 1 N–H and O–H groups in total. The Morgan fingerprint density at radius 3 is 2.74 bits per heavy atom. The molecule has 0 aromatic heterocycles. The van der Waals surface area contributed by atoms with Gasteiger partial charge in [-0.25, -0.2) is 0 Å². The lowest BCUT2D eigenvalue weighted by Gasteiger charge is -2.31. The second-order valence-electron chi connectivity index (χ2n) is 7.54. The van der Waals surface area contributed by atoms with Gasteiger partial charge < -0.3 is 24.4 Å². The second kappa shape index (κ2) is 10.0. The molecule has 1 heterocycles. The summed E-state index contributed by atoms with van der Waals surface area (Å²) >= 11 is 0. The van der Waals surface area contributed by atoms with E-state index >= 15 is 0 Å². The first kappa shape index (κ1) is 22.2.